The quantitative estimate of drug-likeness (QED) is 0.635. The van der Waals surface area contributed by atoms with Gasteiger partial charge in [-0.2, -0.15) is 5.10 Å². The largest absolute Gasteiger partial charge is 0.272 e. The summed E-state index contributed by atoms with van der Waals surface area (Å²) in [6.45, 7) is 6.71. The minimum Gasteiger partial charge on any atom is -0.272 e. The SMILES string of the molecule is CC(C)[C@H](C)c1ccnn1C. The molecule has 0 spiro atoms. The van der Waals surface area contributed by atoms with Gasteiger partial charge in [-0.05, 0) is 12.0 Å². The van der Waals surface area contributed by atoms with Crippen LogP contribution in [-0.4, -0.2) is 9.78 Å². The van der Waals surface area contributed by atoms with E-state index in [4.69, 9.17) is 0 Å². The van der Waals surface area contributed by atoms with Crippen molar-refractivity contribution in [3.8, 4) is 0 Å². The third-order valence-electron chi connectivity index (χ3n) is 2.33. The Kier molecular flexibility index (Phi) is 2.32. The van der Waals surface area contributed by atoms with Crippen LogP contribution in [-0.2, 0) is 7.05 Å². The molecule has 0 aromatic carbocycles. The van der Waals surface area contributed by atoms with Gasteiger partial charge in [-0.25, -0.2) is 0 Å². The second-order valence-corrected chi connectivity index (χ2v) is 3.41. The summed E-state index contributed by atoms with van der Waals surface area (Å²) in [6, 6.07) is 2.09. The van der Waals surface area contributed by atoms with Crippen molar-refractivity contribution in [2.24, 2.45) is 13.0 Å². The Morgan fingerprint density at radius 1 is 1.36 bits per heavy atom. The molecule has 1 atom stereocenters. The summed E-state index contributed by atoms with van der Waals surface area (Å²) in [5.41, 5.74) is 1.32. The number of nitrogens with zero attached hydrogens (tertiary/aromatic N) is 2. The highest BCUT2D eigenvalue weighted by molar-refractivity contribution is 5.06. The van der Waals surface area contributed by atoms with E-state index in [1.807, 2.05) is 17.9 Å². The summed E-state index contributed by atoms with van der Waals surface area (Å²) in [5, 5.41) is 4.14. The summed E-state index contributed by atoms with van der Waals surface area (Å²) < 4.78 is 1.95. The van der Waals surface area contributed by atoms with Gasteiger partial charge in [-0.1, -0.05) is 20.8 Å². The zero-order valence-corrected chi connectivity index (χ0v) is 7.70. The van der Waals surface area contributed by atoms with Crippen molar-refractivity contribution < 1.29 is 0 Å². The molecule has 2 nitrogen and oxygen atoms in total. The maximum absolute atomic E-state index is 4.14. The molecule has 0 unspecified atom stereocenters. The van der Waals surface area contributed by atoms with E-state index in [-0.39, 0.29) is 0 Å². The van der Waals surface area contributed by atoms with Gasteiger partial charge in [0.15, 0.2) is 0 Å². The minimum atomic E-state index is 0.600. The summed E-state index contributed by atoms with van der Waals surface area (Å²) in [5.74, 6) is 1.29. The van der Waals surface area contributed by atoms with Crippen molar-refractivity contribution >= 4 is 0 Å². The van der Waals surface area contributed by atoms with Crippen molar-refractivity contribution in [3.63, 3.8) is 0 Å². The summed E-state index contributed by atoms with van der Waals surface area (Å²) in [6.07, 6.45) is 1.86. The number of aromatic nitrogens is 2. The van der Waals surface area contributed by atoms with E-state index in [0.29, 0.717) is 11.8 Å². The molecule has 1 heterocycles. The fraction of sp³-hybridized carbons (Fsp3) is 0.667. The second kappa shape index (κ2) is 3.07. The first-order valence-corrected chi connectivity index (χ1v) is 4.11. The standard InChI is InChI=1S/C9H16N2/c1-7(2)8(3)9-5-6-10-11(9)4/h5-8H,1-4H3/t8-/m0/s1. The average Bonchev–Trinajstić information content (AvgIpc) is 2.33. The Hall–Kier alpha value is -0.790. The predicted octanol–water partition coefficient (Wildman–Crippen LogP) is 2.18. The first-order chi connectivity index (χ1) is 5.13. The lowest BCUT2D eigenvalue weighted by molar-refractivity contribution is 0.498. The Morgan fingerprint density at radius 3 is 2.36 bits per heavy atom. The molecule has 0 bridgehead atoms. The molecule has 0 aliphatic carbocycles. The van der Waals surface area contributed by atoms with Gasteiger partial charge >= 0.3 is 0 Å². The maximum atomic E-state index is 4.14. The van der Waals surface area contributed by atoms with Crippen LogP contribution in [0, 0.1) is 5.92 Å². The summed E-state index contributed by atoms with van der Waals surface area (Å²) >= 11 is 0. The topological polar surface area (TPSA) is 17.8 Å². The van der Waals surface area contributed by atoms with Crippen LogP contribution in [0.2, 0.25) is 0 Å². The fourth-order valence-electron chi connectivity index (χ4n) is 1.17. The monoisotopic (exact) mass is 152 g/mol. The number of hydrogen-bond acceptors (Lipinski definition) is 1. The maximum Gasteiger partial charge on any atom is 0.0492 e. The van der Waals surface area contributed by atoms with Gasteiger partial charge in [0.05, 0.1) is 0 Å². The smallest absolute Gasteiger partial charge is 0.0492 e. The number of hydrogen-bond donors (Lipinski definition) is 0. The molecule has 0 N–H and O–H groups in total. The summed E-state index contributed by atoms with van der Waals surface area (Å²) in [4.78, 5) is 0. The molecule has 0 radical (unpaired) electrons. The van der Waals surface area contributed by atoms with Gasteiger partial charge < -0.3 is 0 Å². The normalized spacial score (nSPS) is 13.9. The fourth-order valence-corrected chi connectivity index (χ4v) is 1.17. The van der Waals surface area contributed by atoms with Gasteiger partial charge in [0.2, 0.25) is 0 Å². The van der Waals surface area contributed by atoms with Crippen LogP contribution in [0.25, 0.3) is 0 Å². The van der Waals surface area contributed by atoms with Crippen LogP contribution < -0.4 is 0 Å². The molecule has 0 aliphatic heterocycles. The zero-order valence-electron chi connectivity index (χ0n) is 7.70. The Balaban J connectivity index is 2.84. The third-order valence-corrected chi connectivity index (χ3v) is 2.33. The van der Waals surface area contributed by atoms with Gasteiger partial charge in [0, 0.05) is 24.9 Å². The highest BCUT2D eigenvalue weighted by Crippen LogP contribution is 2.21. The molecular weight excluding hydrogens is 136 g/mol. The van der Waals surface area contributed by atoms with Crippen molar-refractivity contribution in [3.05, 3.63) is 18.0 Å². The molecule has 62 valence electrons. The van der Waals surface area contributed by atoms with Crippen LogP contribution in [0.3, 0.4) is 0 Å². The van der Waals surface area contributed by atoms with Crippen molar-refractivity contribution in [2.75, 3.05) is 0 Å². The highest BCUT2D eigenvalue weighted by atomic mass is 15.3. The first kappa shape index (κ1) is 8.31. The lowest BCUT2D eigenvalue weighted by Gasteiger charge is -2.15. The molecule has 0 amide bonds. The van der Waals surface area contributed by atoms with Gasteiger partial charge in [-0.3, -0.25) is 4.68 Å². The Labute approximate surface area is 68.2 Å². The Bertz CT molecular complexity index is 225. The van der Waals surface area contributed by atoms with E-state index in [1.165, 1.54) is 5.69 Å². The van der Waals surface area contributed by atoms with Gasteiger partial charge in [0.1, 0.15) is 0 Å². The van der Waals surface area contributed by atoms with Crippen LogP contribution in [0.15, 0.2) is 12.3 Å². The Morgan fingerprint density at radius 2 is 2.00 bits per heavy atom. The molecule has 1 rings (SSSR count). The van der Waals surface area contributed by atoms with E-state index in [2.05, 4.69) is 31.9 Å². The first-order valence-electron chi connectivity index (χ1n) is 4.11. The van der Waals surface area contributed by atoms with Crippen molar-refractivity contribution in [2.45, 2.75) is 26.7 Å². The van der Waals surface area contributed by atoms with E-state index >= 15 is 0 Å². The molecule has 1 aromatic heterocycles. The van der Waals surface area contributed by atoms with Crippen LogP contribution in [0.4, 0.5) is 0 Å². The van der Waals surface area contributed by atoms with Crippen molar-refractivity contribution in [1.82, 2.24) is 9.78 Å². The molecule has 0 saturated heterocycles. The van der Waals surface area contributed by atoms with E-state index < -0.39 is 0 Å². The van der Waals surface area contributed by atoms with Crippen LogP contribution in [0.5, 0.6) is 0 Å². The third kappa shape index (κ3) is 1.62. The lowest BCUT2D eigenvalue weighted by Crippen LogP contribution is -2.07. The van der Waals surface area contributed by atoms with Gasteiger partial charge in [-0.15, -0.1) is 0 Å². The molecule has 1 aromatic rings. The minimum absolute atomic E-state index is 0.600. The molecule has 11 heavy (non-hydrogen) atoms. The average molecular weight is 152 g/mol. The van der Waals surface area contributed by atoms with E-state index in [0.717, 1.165) is 0 Å². The molecule has 0 fully saturated rings. The number of rotatable bonds is 2. The zero-order chi connectivity index (χ0) is 8.43. The predicted molar refractivity (Wildman–Crippen MR) is 46.5 cm³/mol. The molecular formula is C9H16N2. The van der Waals surface area contributed by atoms with E-state index in [1.54, 1.807) is 0 Å². The lowest BCUT2D eigenvalue weighted by atomic mass is 9.95. The van der Waals surface area contributed by atoms with Crippen LogP contribution in [0.1, 0.15) is 32.4 Å². The molecule has 0 saturated carbocycles. The van der Waals surface area contributed by atoms with E-state index in [9.17, 15) is 0 Å². The van der Waals surface area contributed by atoms with Crippen LogP contribution >= 0.6 is 0 Å². The van der Waals surface area contributed by atoms with Gasteiger partial charge in [0.25, 0.3) is 0 Å². The second-order valence-electron chi connectivity index (χ2n) is 3.41. The molecule has 2 heteroatoms. The molecule has 0 aliphatic rings. The van der Waals surface area contributed by atoms with Crippen molar-refractivity contribution in [1.29, 1.82) is 0 Å². The summed E-state index contributed by atoms with van der Waals surface area (Å²) in [7, 11) is 1.99. The number of aryl methyl sites for hydroxylation is 1. The highest BCUT2D eigenvalue weighted by Gasteiger charge is 2.12.